The Hall–Kier alpha value is -1.80. The summed E-state index contributed by atoms with van der Waals surface area (Å²) in [4.78, 5) is 21.0. The van der Waals surface area contributed by atoms with Gasteiger partial charge in [0.2, 0.25) is 0 Å². The largest absolute Gasteiger partial charge is 0.467 e. The fourth-order valence-electron chi connectivity index (χ4n) is 3.23. The average Bonchev–Trinajstić information content (AvgIpc) is 3.03. The van der Waals surface area contributed by atoms with E-state index in [-0.39, 0.29) is 6.10 Å². The van der Waals surface area contributed by atoms with Crippen LogP contribution in [0.15, 0.2) is 29.1 Å². The third-order valence-electron chi connectivity index (χ3n) is 4.78. The molecule has 1 aliphatic rings. The summed E-state index contributed by atoms with van der Waals surface area (Å²) in [5, 5.41) is 0.699. The van der Waals surface area contributed by atoms with Gasteiger partial charge >= 0.3 is 0 Å². The van der Waals surface area contributed by atoms with Crippen LogP contribution in [0.25, 0.3) is 10.3 Å². The van der Waals surface area contributed by atoms with Gasteiger partial charge in [-0.25, -0.2) is 15.0 Å². The zero-order valence-electron chi connectivity index (χ0n) is 14.7. The summed E-state index contributed by atoms with van der Waals surface area (Å²) in [5.74, 6) is 1.47. The number of aromatic nitrogens is 4. The summed E-state index contributed by atoms with van der Waals surface area (Å²) in [7, 11) is 0. The number of hydrogen-bond donors (Lipinski definition) is 0. The Morgan fingerprint density at radius 1 is 1.19 bits per heavy atom. The molecule has 1 fully saturated rings. The Kier molecular flexibility index (Phi) is 5.04. The van der Waals surface area contributed by atoms with Gasteiger partial charge in [-0.3, -0.25) is 4.98 Å². The molecule has 0 bridgehead atoms. The first-order valence-electron chi connectivity index (χ1n) is 8.72. The van der Waals surface area contributed by atoms with Crippen molar-refractivity contribution >= 4 is 43.4 Å². The number of piperidine rings is 1. The van der Waals surface area contributed by atoms with Gasteiger partial charge in [-0.05, 0) is 60.7 Å². The molecule has 0 aliphatic carbocycles. The predicted octanol–water partition coefficient (Wildman–Crippen LogP) is 4.24. The normalized spacial score (nSPS) is 16.8. The first-order valence-corrected chi connectivity index (χ1v) is 10.3. The van der Waals surface area contributed by atoms with Crippen LogP contribution in [-0.4, -0.2) is 39.1 Å². The van der Waals surface area contributed by atoms with E-state index < -0.39 is 0 Å². The molecule has 3 aromatic rings. The van der Waals surface area contributed by atoms with Crippen LogP contribution < -0.4 is 9.64 Å². The maximum absolute atomic E-state index is 6.14. The fourth-order valence-corrected chi connectivity index (χ4v) is 4.53. The van der Waals surface area contributed by atoms with Crippen molar-refractivity contribution in [1.82, 2.24) is 19.9 Å². The molecule has 0 radical (unpaired) electrons. The lowest BCUT2D eigenvalue weighted by molar-refractivity contribution is 0.132. The van der Waals surface area contributed by atoms with Gasteiger partial charge in [0.05, 0.1) is 18.1 Å². The molecule has 26 heavy (non-hydrogen) atoms. The number of hydrogen-bond acceptors (Lipinski definition) is 7. The molecule has 1 unspecified atom stereocenters. The van der Waals surface area contributed by atoms with Crippen molar-refractivity contribution in [2.24, 2.45) is 5.92 Å². The Balaban J connectivity index is 1.36. The zero-order chi connectivity index (χ0) is 18.1. The van der Waals surface area contributed by atoms with Crippen LogP contribution in [0.2, 0.25) is 0 Å². The summed E-state index contributed by atoms with van der Waals surface area (Å²) >= 11 is 4.90. The quantitative estimate of drug-likeness (QED) is 0.573. The van der Waals surface area contributed by atoms with Crippen LogP contribution in [0.5, 0.6) is 5.19 Å². The molecule has 1 atom stereocenters. The lowest BCUT2D eigenvalue weighted by Gasteiger charge is -2.34. The molecular formula is C18H20BrN5OS. The third kappa shape index (κ3) is 3.81. The molecule has 136 valence electrons. The minimum absolute atomic E-state index is 0.130. The number of pyridine rings is 1. The molecule has 6 nitrogen and oxygen atoms in total. The highest BCUT2D eigenvalue weighted by molar-refractivity contribution is 9.10. The van der Waals surface area contributed by atoms with E-state index in [1.165, 1.54) is 11.3 Å². The van der Waals surface area contributed by atoms with Crippen molar-refractivity contribution < 1.29 is 4.74 Å². The molecule has 8 heteroatoms. The van der Waals surface area contributed by atoms with Gasteiger partial charge in [0.15, 0.2) is 0 Å². The van der Waals surface area contributed by atoms with Crippen LogP contribution in [-0.2, 0) is 0 Å². The molecular weight excluding hydrogens is 414 g/mol. The van der Waals surface area contributed by atoms with Crippen molar-refractivity contribution in [3.05, 3.63) is 34.8 Å². The third-order valence-corrected chi connectivity index (χ3v) is 6.08. The Bertz CT molecular complexity index is 892. The number of halogens is 1. The Labute approximate surface area is 164 Å². The molecule has 0 saturated carbocycles. The lowest BCUT2D eigenvalue weighted by atomic mass is 9.92. The summed E-state index contributed by atoms with van der Waals surface area (Å²) < 4.78 is 6.96. The lowest BCUT2D eigenvalue weighted by Crippen LogP contribution is -2.39. The van der Waals surface area contributed by atoms with Gasteiger partial charge in [-0.1, -0.05) is 11.3 Å². The molecule has 4 heterocycles. The van der Waals surface area contributed by atoms with Crippen LogP contribution in [0, 0.1) is 12.8 Å². The molecule has 0 aromatic carbocycles. The van der Waals surface area contributed by atoms with Crippen LogP contribution in [0.4, 0.5) is 5.82 Å². The number of rotatable bonds is 4. The predicted molar refractivity (Wildman–Crippen MR) is 107 cm³/mol. The van der Waals surface area contributed by atoms with E-state index in [1.54, 1.807) is 0 Å². The van der Waals surface area contributed by atoms with Crippen molar-refractivity contribution in [2.75, 3.05) is 18.0 Å². The SMILES string of the molecule is Cc1cnc(N2CCC(C(C)Oc3nc4ccc(Br)nc4s3)CC2)cn1. The Morgan fingerprint density at radius 2 is 2.00 bits per heavy atom. The summed E-state index contributed by atoms with van der Waals surface area (Å²) in [6.07, 6.45) is 5.97. The summed E-state index contributed by atoms with van der Waals surface area (Å²) in [6, 6.07) is 3.86. The van der Waals surface area contributed by atoms with E-state index in [0.29, 0.717) is 11.1 Å². The van der Waals surface area contributed by atoms with Gasteiger partial charge in [0, 0.05) is 13.1 Å². The van der Waals surface area contributed by atoms with Crippen molar-refractivity contribution in [2.45, 2.75) is 32.8 Å². The molecule has 1 saturated heterocycles. The highest BCUT2D eigenvalue weighted by Crippen LogP contribution is 2.31. The van der Waals surface area contributed by atoms with Crippen molar-refractivity contribution in [3.63, 3.8) is 0 Å². The molecule has 0 N–H and O–H groups in total. The molecule has 4 rings (SSSR count). The summed E-state index contributed by atoms with van der Waals surface area (Å²) in [5.41, 5.74) is 1.83. The number of ether oxygens (including phenoxy) is 1. The van der Waals surface area contributed by atoms with Gasteiger partial charge in [-0.15, -0.1) is 0 Å². The smallest absolute Gasteiger partial charge is 0.276 e. The maximum atomic E-state index is 6.14. The monoisotopic (exact) mass is 433 g/mol. The van der Waals surface area contributed by atoms with Crippen molar-refractivity contribution in [1.29, 1.82) is 0 Å². The summed E-state index contributed by atoms with van der Waals surface area (Å²) in [6.45, 7) is 6.05. The highest BCUT2D eigenvalue weighted by atomic mass is 79.9. The molecule has 0 amide bonds. The zero-order valence-corrected chi connectivity index (χ0v) is 17.1. The van der Waals surface area contributed by atoms with E-state index in [4.69, 9.17) is 4.74 Å². The van der Waals surface area contributed by atoms with Gasteiger partial charge < -0.3 is 9.64 Å². The number of aryl methyl sites for hydroxylation is 1. The van der Waals surface area contributed by atoms with Crippen LogP contribution in [0.3, 0.4) is 0 Å². The number of fused-ring (bicyclic) bond motifs is 1. The van der Waals surface area contributed by atoms with E-state index >= 15 is 0 Å². The number of anilines is 1. The molecule has 1 aliphatic heterocycles. The Morgan fingerprint density at radius 3 is 2.73 bits per heavy atom. The standard InChI is InChI=1S/C18H20BrN5OS/c1-11-9-21-16(10-20-11)24-7-5-13(6-8-24)12(2)25-18-22-14-3-4-15(19)23-17(14)26-18/h3-4,9-10,12-13H,5-8H2,1-2H3. The van der Waals surface area contributed by atoms with Crippen molar-refractivity contribution in [3.8, 4) is 5.19 Å². The van der Waals surface area contributed by atoms with E-state index in [9.17, 15) is 0 Å². The molecule has 3 aromatic heterocycles. The second-order valence-corrected chi connectivity index (χ2v) is 8.35. The van der Waals surface area contributed by atoms with E-state index in [1.807, 2.05) is 31.5 Å². The minimum Gasteiger partial charge on any atom is -0.467 e. The van der Waals surface area contributed by atoms with Gasteiger partial charge in [0.25, 0.3) is 5.19 Å². The second kappa shape index (κ2) is 7.44. The van der Waals surface area contributed by atoms with Crippen LogP contribution >= 0.6 is 27.3 Å². The molecule has 0 spiro atoms. The van der Waals surface area contributed by atoms with Crippen LogP contribution in [0.1, 0.15) is 25.5 Å². The maximum Gasteiger partial charge on any atom is 0.276 e. The van der Waals surface area contributed by atoms with E-state index in [0.717, 1.165) is 52.4 Å². The number of nitrogens with zero attached hydrogens (tertiary/aromatic N) is 5. The van der Waals surface area contributed by atoms with Gasteiger partial charge in [0.1, 0.15) is 26.9 Å². The topological polar surface area (TPSA) is 64.0 Å². The van der Waals surface area contributed by atoms with Gasteiger partial charge in [-0.2, -0.15) is 0 Å². The average molecular weight is 434 g/mol. The minimum atomic E-state index is 0.130. The van der Waals surface area contributed by atoms with E-state index in [2.05, 4.69) is 47.7 Å². The highest BCUT2D eigenvalue weighted by Gasteiger charge is 2.26. The first kappa shape index (κ1) is 17.6. The number of thiazole rings is 1. The second-order valence-electron chi connectivity index (χ2n) is 6.60. The first-order chi connectivity index (χ1) is 12.6. The fraction of sp³-hybridized carbons (Fsp3) is 0.444.